The lowest BCUT2D eigenvalue weighted by atomic mass is 9.81. The number of ether oxygens (including phenoxy) is 1. The van der Waals surface area contributed by atoms with Crippen LogP contribution in [0.4, 0.5) is 0 Å². The summed E-state index contributed by atoms with van der Waals surface area (Å²) in [5.41, 5.74) is 0. The van der Waals surface area contributed by atoms with E-state index in [0.29, 0.717) is 12.8 Å². The van der Waals surface area contributed by atoms with Crippen LogP contribution in [0.1, 0.15) is 104 Å². The average Bonchev–Trinajstić information content (AvgIpc) is 2.61. The van der Waals surface area contributed by atoms with E-state index in [-0.39, 0.29) is 23.9 Å². The smallest absolute Gasteiger partial charge is 0.309 e. The zero-order valence-corrected chi connectivity index (χ0v) is 17.2. The number of unbranched alkanes of at least 4 members (excludes halogenated alkanes) is 4. The Morgan fingerprint density at radius 2 is 1.58 bits per heavy atom. The van der Waals surface area contributed by atoms with E-state index >= 15 is 0 Å². The van der Waals surface area contributed by atoms with E-state index in [1.54, 1.807) is 0 Å². The van der Waals surface area contributed by atoms with Gasteiger partial charge in [0, 0.05) is 0 Å². The second-order valence-electron chi connectivity index (χ2n) is 8.49. The number of carboxylic acids is 1. The summed E-state index contributed by atoms with van der Waals surface area (Å²) in [5.74, 6) is -0.752. The fourth-order valence-corrected chi connectivity index (χ4v) is 3.86. The molecular weight excluding hydrogens is 328 g/mol. The number of carboxylic acid groups (broad SMARTS) is 1. The first kappa shape index (κ1) is 23.0. The van der Waals surface area contributed by atoms with E-state index in [1.807, 2.05) is 0 Å². The predicted molar refractivity (Wildman–Crippen MR) is 105 cm³/mol. The van der Waals surface area contributed by atoms with Gasteiger partial charge < -0.3 is 9.84 Å². The van der Waals surface area contributed by atoms with Crippen molar-refractivity contribution in [2.45, 2.75) is 110 Å². The quantitative estimate of drug-likeness (QED) is 0.321. The van der Waals surface area contributed by atoms with E-state index in [4.69, 9.17) is 4.74 Å². The molecule has 0 amide bonds. The topological polar surface area (TPSA) is 63.6 Å². The van der Waals surface area contributed by atoms with Crippen LogP contribution in [0.5, 0.6) is 0 Å². The molecule has 1 N–H and O–H groups in total. The minimum Gasteiger partial charge on any atom is -0.481 e. The molecular formula is C22H40O4. The van der Waals surface area contributed by atoms with Gasteiger partial charge in [0.05, 0.1) is 11.8 Å². The van der Waals surface area contributed by atoms with Crippen LogP contribution in [-0.4, -0.2) is 23.1 Å². The van der Waals surface area contributed by atoms with Crippen LogP contribution in [0, 0.1) is 17.8 Å². The molecule has 0 aliphatic heterocycles. The highest BCUT2D eigenvalue weighted by Crippen LogP contribution is 2.31. The molecule has 1 aliphatic carbocycles. The van der Waals surface area contributed by atoms with Gasteiger partial charge in [-0.05, 0) is 44.4 Å². The molecule has 1 aliphatic rings. The lowest BCUT2D eigenvalue weighted by molar-refractivity contribution is -0.158. The van der Waals surface area contributed by atoms with Crippen molar-refractivity contribution in [3.63, 3.8) is 0 Å². The second kappa shape index (κ2) is 13.2. The number of carbonyl (C=O) groups excluding carboxylic acids is 1. The van der Waals surface area contributed by atoms with Gasteiger partial charge in [-0.25, -0.2) is 0 Å². The van der Waals surface area contributed by atoms with Crippen molar-refractivity contribution in [3.05, 3.63) is 0 Å². The second-order valence-corrected chi connectivity index (χ2v) is 8.49. The third-order valence-electron chi connectivity index (χ3n) is 5.58. The van der Waals surface area contributed by atoms with Crippen molar-refractivity contribution in [3.8, 4) is 0 Å². The van der Waals surface area contributed by atoms with E-state index < -0.39 is 5.97 Å². The highest BCUT2D eigenvalue weighted by atomic mass is 16.5. The van der Waals surface area contributed by atoms with Crippen LogP contribution in [-0.2, 0) is 14.3 Å². The van der Waals surface area contributed by atoms with E-state index in [1.165, 1.54) is 25.7 Å². The summed E-state index contributed by atoms with van der Waals surface area (Å²) < 4.78 is 5.83. The Morgan fingerprint density at radius 1 is 0.962 bits per heavy atom. The van der Waals surface area contributed by atoms with Crippen LogP contribution >= 0.6 is 0 Å². The number of rotatable bonds is 13. The van der Waals surface area contributed by atoms with E-state index in [0.717, 1.165) is 50.9 Å². The molecule has 1 rings (SSSR count). The highest BCUT2D eigenvalue weighted by molar-refractivity contribution is 5.75. The van der Waals surface area contributed by atoms with Crippen molar-refractivity contribution in [1.29, 1.82) is 0 Å². The van der Waals surface area contributed by atoms with Crippen molar-refractivity contribution < 1.29 is 19.4 Å². The zero-order chi connectivity index (χ0) is 19.4. The Kier molecular flexibility index (Phi) is 11.6. The van der Waals surface area contributed by atoms with Gasteiger partial charge in [-0.1, -0.05) is 65.7 Å². The van der Waals surface area contributed by atoms with Gasteiger partial charge in [0.15, 0.2) is 0 Å². The van der Waals surface area contributed by atoms with Crippen LogP contribution < -0.4 is 0 Å². The first-order valence-corrected chi connectivity index (χ1v) is 10.9. The molecule has 3 unspecified atom stereocenters. The lowest BCUT2D eigenvalue weighted by Crippen LogP contribution is -2.31. The summed E-state index contributed by atoms with van der Waals surface area (Å²) in [5, 5.41) is 9.20. The molecule has 4 nitrogen and oxygen atoms in total. The Bertz CT molecular complexity index is 405. The van der Waals surface area contributed by atoms with Crippen LogP contribution in [0.15, 0.2) is 0 Å². The van der Waals surface area contributed by atoms with Gasteiger partial charge in [0.25, 0.3) is 0 Å². The fraction of sp³-hybridized carbons (Fsp3) is 0.909. The largest absolute Gasteiger partial charge is 0.481 e. The maximum atomic E-state index is 12.5. The van der Waals surface area contributed by atoms with Gasteiger partial charge in [0.2, 0.25) is 0 Å². The van der Waals surface area contributed by atoms with Crippen LogP contribution in [0.3, 0.4) is 0 Å². The Hall–Kier alpha value is -1.06. The normalized spacial score (nSPS) is 21.5. The summed E-state index contributed by atoms with van der Waals surface area (Å²) in [6, 6.07) is 0. The molecule has 4 heteroatoms. The van der Waals surface area contributed by atoms with Gasteiger partial charge >= 0.3 is 11.9 Å². The number of esters is 1. The maximum Gasteiger partial charge on any atom is 0.309 e. The van der Waals surface area contributed by atoms with Crippen molar-refractivity contribution in [2.24, 2.45) is 17.8 Å². The SMILES string of the molecule is CCCCC(CCCCCCC(C)C)OC(=O)C1CCCC(C(=O)O)C1. The average molecular weight is 369 g/mol. The van der Waals surface area contributed by atoms with Gasteiger partial charge in [-0.2, -0.15) is 0 Å². The third-order valence-corrected chi connectivity index (χ3v) is 5.58. The number of hydrogen-bond donors (Lipinski definition) is 1. The molecule has 0 radical (unpaired) electrons. The molecule has 26 heavy (non-hydrogen) atoms. The number of carbonyl (C=O) groups is 2. The Morgan fingerprint density at radius 3 is 2.19 bits per heavy atom. The third kappa shape index (κ3) is 9.59. The molecule has 0 aromatic heterocycles. The minimum atomic E-state index is -0.772. The predicted octanol–water partition coefficient (Wildman–Crippen LogP) is 5.98. The highest BCUT2D eigenvalue weighted by Gasteiger charge is 2.32. The Labute approximate surface area is 160 Å². The Balaban J connectivity index is 2.37. The standard InChI is InChI=1S/C22H40O4/c1-4-5-14-20(15-9-7-6-8-11-17(2)3)26-22(25)19-13-10-12-18(16-19)21(23)24/h17-20H,4-16H2,1-3H3,(H,23,24). The van der Waals surface area contributed by atoms with Crippen molar-refractivity contribution in [1.82, 2.24) is 0 Å². The zero-order valence-electron chi connectivity index (χ0n) is 17.2. The van der Waals surface area contributed by atoms with Gasteiger partial charge in [0.1, 0.15) is 6.10 Å². The molecule has 3 atom stereocenters. The first-order valence-electron chi connectivity index (χ1n) is 10.9. The molecule has 1 saturated carbocycles. The minimum absolute atomic E-state index is 0.0118. The summed E-state index contributed by atoms with van der Waals surface area (Å²) in [6.07, 6.45) is 13.0. The molecule has 1 fully saturated rings. The van der Waals surface area contributed by atoms with E-state index in [9.17, 15) is 14.7 Å². The number of aliphatic carboxylic acids is 1. The molecule has 0 heterocycles. The van der Waals surface area contributed by atoms with Gasteiger partial charge in [-0.15, -0.1) is 0 Å². The summed E-state index contributed by atoms with van der Waals surface area (Å²) in [6.45, 7) is 6.68. The molecule has 152 valence electrons. The fourth-order valence-electron chi connectivity index (χ4n) is 3.86. The van der Waals surface area contributed by atoms with Crippen molar-refractivity contribution in [2.75, 3.05) is 0 Å². The van der Waals surface area contributed by atoms with Crippen LogP contribution in [0.25, 0.3) is 0 Å². The molecule has 0 bridgehead atoms. The van der Waals surface area contributed by atoms with Crippen molar-refractivity contribution >= 4 is 11.9 Å². The molecule has 0 spiro atoms. The van der Waals surface area contributed by atoms with E-state index in [2.05, 4.69) is 20.8 Å². The van der Waals surface area contributed by atoms with Gasteiger partial charge in [-0.3, -0.25) is 9.59 Å². The lowest BCUT2D eigenvalue weighted by Gasteiger charge is -2.27. The maximum absolute atomic E-state index is 12.5. The molecule has 0 saturated heterocycles. The molecule has 0 aromatic rings. The first-order chi connectivity index (χ1) is 12.4. The number of hydrogen-bond acceptors (Lipinski definition) is 3. The monoisotopic (exact) mass is 368 g/mol. The molecule has 0 aromatic carbocycles. The summed E-state index contributed by atoms with van der Waals surface area (Å²) >= 11 is 0. The van der Waals surface area contributed by atoms with Crippen LogP contribution in [0.2, 0.25) is 0 Å². The summed E-state index contributed by atoms with van der Waals surface area (Å²) in [4.78, 5) is 23.7. The summed E-state index contributed by atoms with van der Waals surface area (Å²) in [7, 11) is 0.